The van der Waals surface area contributed by atoms with E-state index in [0.717, 1.165) is 5.39 Å². The van der Waals surface area contributed by atoms with Crippen LogP contribution in [0.2, 0.25) is 0 Å². The first-order valence-corrected chi connectivity index (χ1v) is 9.95. The van der Waals surface area contributed by atoms with Crippen LogP contribution in [0.3, 0.4) is 0 Å². The van der Waals surface area contributed by atoms with Gasteiger partial charge in [0.15, 0.2) is 6.29 Å². The molecule has 2 heterocycles. The SMILES string of the molecule is CC(C)(C)OC(=O)Nc1cc2ccccc2nc1-c1cccc(F)c1-n1nccc1C=O. The third-order valence-corrected chi connectivity index (χ3v) is 4.61. The smallest absolute Gasteiger partial charge is 0.412 e. The van der Waals surface area contributed by atoms with Gasteiger partial charge < -0.3 is 4.74 Å². The number of aromatic nitrogens is 3. The lowest BCUT2D eigenvalue weighted by atomic mass is 10.0. The molecule has 1 amide bonds. The zero-order valence-electron chi connectivity index (χ0n) is 17.8. The molecule has 0 bridgehead atoms. The van der Waals surface area contributed by atoms with Crippen molar-refractivity contribution in [3.63, 3.8) is 0 Å². The number of aldehydes is 1. The van der Waals surface area contributed by atoms with E-state index in [9.17, 15) is 9.59 Å². The van der Waals surface area contributed by atoms with Crippen molar-refractivity contribution in [2.45, 2.75) is 26.4 Å². The van der Waals surface area contributed by atoms with E-state index >= 15 is 4.39 Å². The van der Waals surface area contributed by atoms with Gasteiger partial charge in [0.25, 0.3) is 0 Å². The van der Waals surface area contributed by atoms with Crippen LogP contribution in [-0.4, -0.2) is 32.7 Å². The molecule has 0 spiro atoms. The van der Waals surface area contributed by atoms with Gasteiger partial charge in [-0.2, -0.15) is 5.10 Å². The van der Waals surface area contributed by atoms with Crippen molar-refractivity contribution in [3.05, 3.63) is 72.3 Å². The normalized spacial score (nSPS) is 11.4. The Bertz CT molecular complexity index is 1320. The van der Waals surface area contributed by atoms with Crippen molar-refractivity contribution in [1.82, 2.24) is 14.8 Å². The summed E-state index contributed by atoms with van der Waals surface area (Å²) in [5, 5.41) is 7.63. The van der Waals surface area contributed by atoms with Gasteiger partial charge in [0.2, 0.25) is 0 Å². The first-order chi connectivity index (χ1) is 15.3. The maximum Gasteiger partial charge on any atom is 0.412 e. The fourth-order valence-electron chi connectivity index (χ4n) is 3.34. The molecule has 2 aromatic carbocycles. The molecule has 7 nitrogen and oxygen atoms in total. The molecular weight excluding hydrogens is 411 g/mol. The number of hydrogen-bond donors (Lipinski definition) is 1. The van der Waals surface area contributed by atoms with E-state index in [0.29, 0.717) is 28.7 Å². The van der Waals surface area contributed by atoms with Crippen LogP contribution in [0.15, 0.2) is 60.8 Å². The van der Waals surface area contributed by atoms with E-state index in [1.807, 2.05) is 24.3 Å². The zero-order chi connectivity index (χ0) is 22.9. The average Bonchev–Trinajstić information content (AvgIpc) is 3.20. The Labute approximate surface area is 183 Å². The van der Waals surface area contributed by atoms with Gasteiger partial charge in [-0.3, -0.25) is 10.1 Å². The minimum Gasteiger partial charge on any atom is -0.444 e. The molecule has 0 saturated heterocycles. The number of ether oxygens (including phenoxy) is 1. The molecule has 0 aliphatic heterocycles. The molecular formula is C24H21FN4O3. The van der Waals surface area contributed by atoms with E-state index in [1.54, 1.807) is 32.9 Å². The molecule has 0 fully saturated rings. The third kappa shape index (κ3) is 4.20. The van der Waals surface area contributed by atoms with E-state index in [1.165, 1.54) is 29.1 Å². The van der Waals surface area contributed by atoms with Crippen molar-refractivity contribution in [1.29, 1.82) is 0 Å². The van der Waals surface area contributed by atoms with Crippen molar-refractivity contribution in [2.24, 2.45) is 0 Å². The second kappa shape index (κ2) is 8.22. The predicted molar refractivity (Wildman–Crippen MR) is 120 cm³/mol. The van der Waals surface area contributed by atoms with E-state index in [-0.39, 0.29) is 11.4 Å². The van der Waals surface area contributed by atoms with Crippen LogP contribution in [0.25, 0.3) is 27.8 Å². The summed E-state index contributed by atoms with van der Waals surface area (Å²) in [6.07, 6.45) is 1.34. The number of carbonyl (C=O) groups excluding carboxylic acids is 2. The number of hydrogen-bond acceptors (Lipinski definition) is 5. The number of nitrogens with zero attached hydrogens (tertiary/aromatic N) is 3. The molecule has 1 N–H and O–H groups in total. The van der Waals surface area contributed by atoms with Gasteiger partial charge in [-0.15, -0.1) is 0 Å². The minimum atomic E-state index is -0.702. The Morgan fingerprint density at radius 1 is 1.12 bits per heavy atom. The number of anilines is 1. The fraction of sp³-hybridized carbons (Fsp3) is 0.167. The van der Waals surface area contributed by atoms with E-state index in [4.69, 9.17) is 9.72 Å². The standard InChI is InChI=1S/C24H21FN4O3/c1-24(2,3)32-23(31)28-20-13-15-7-4-5-10-19(15)27-21(20)17-8-6-9-18(25)22(17)29-16(14-30)11-12-26-29/h4-14H,1-3H3,(H,28,31). The van der Waals surface area contributed by atoms with E-state index < -0.39 is 17.5 Å². The Morgan fingerprint density at radius 3 is 2.66 bits per heavy atom. The monoisotopic (exact) mass is 432 g/mol. The molecule has 0 aliphatic rings. The van der Waals surface area contributed by atoms with Crippen LogP contribution in [0.4, 0.5) is 14.9 Å². The molecule has 0 unspecified atom stereocenters. The van der Waals surface area contributed by atoms with Crippen molar-refractivity contribution < 1.29 is 18.7 Å². The number of halogens is 1. The molecule has 0 saturated carbocycles. The van der Waals surface area contributed by atoms with Crippen LogP contribution in [0.1, 0.15) is 31.3 Å². The van der Waals surface area contributed by atoms with Crippen molar-refractivity contribution in [2.75, 3.05) is 5.32 Å². The average molecular weight is 432 g/mol. The quantitative estimate of drug-likeness (QED) is 0.437. The maximum absolute atomic E-state index is 15.0. The van der Waals surface area contributed by atoms with Gasteiger partial charge >= 0.3 is 6.09 Å². The topological polar surface area (TPSA) is 86.1 Å². The number of para-hydroxylation sites is 2. The van der Waals surface area contributed by atoms with Crippen LogP contribution in [-0.2, 0) is 4.74 Å². The minimum absolute atomic E-state index is 0.0506. The summed E-state index contributed by atoms with van der Waals surface area (Å²) in [6, 6.07) is 15.1. The lowest BCUT2D eigenvalue weighted by Gasteiger charge is -2.21. The summed E-state index contributed by atoms with van der Waals surface area (Å²) in [7, 11) is 0. The summed E-state index contributed by atoms with van der Waals surface area (Å²) in [5.41, 5.74) is 1.19. The van der Waals surface area contributed by atoms with Crippen molar-refractivity contribution in [3.8, 4) is 16.9 Å². The van der Waals surface area contributed by atoms with Crippen LogP contribution in [0.5, 0.6) is 0 Å². The van der Waals surface area contributed by atoms with Gasteiger partial charge in [-0.25, -0.2) is 18.9 Å². The summed E-state index contributed by atoms with van der Waals surface area (Å²) >= 11 is 0. The number of amides is 1. The Balaban J connectivity index is 1.94. The van der Waals surface area contributed by atoms with Gasteiger partial charge in [-0.1, -0.05) is 30.3 Å². The molecule has 8 heteroatoms. The highest BCUT2D eigenvalue weighted by atomic mass is 19.1. The molecule has 32 heavy (non-hydrogen) atoms. The first kappa shape index (κ1) is 21.2. The van der Waals surface area contributed by atoms with Gasteiger partial charge in [0, 0.05) is 10.9 Å². The largest absolute Gasteiger partial charge is 0.444 e. The molecule has 4 rings (SSSR count). The van der Waals surface area contributed by atoms with Crippen LogP contribution in [0, 0.1) is 5.82 Å². The zero-order valence-corrected chi connectivity index (χ0v) is 17.8. The molecule has 162 valence electrons. The van der Waals surface area contributed by atoms with Gasteiger partial charge in [-0.05, 0) is 45.0 Å². The molecule has 2 aromatic heterocycles. The van der Waals surface area contributed by atoms with E-state index in [2.05, 4.69) is 10.4 Å². The molecule has 0 radical (unpaired) electrons. The number of pyridine rings is 1. The number of benzene rings is 2. The highest BCUT2D eigenvalue weighted by molar-refractivity contribution is 5.97. The lowest BCUT2D eigenvalue weighted by Crippen LogP contribution is -2.27. The second-order valence-corrected chi connectivity index (χ2v) is 8.13. The van der Waals surface area contributed by atoms with Crippen LogP contribution >= 0.6 is 0 Å². The number of carbonyl (C=O) groups is 2. The summed E-state index contributed by atoms with van der Waals surface area (Å²) in [6.45, 7) is 5.28. The Morgan fingerprint density at radius 2 is 1.91 bits per heavy atom. The fourth-order valence-corrected chi connectivity index (χ4v) is 3.34. The Kier molecular flexibility index (Phi) is 5.44. The Hall–Kier alpha value is -4.07. The first-order valence-electron chi connectivity index (χ1n) is 9.95. The number of nitrogens with one attached hydrogen (secondary N) is 1. The number of rotatable bonds is 4. The molecule has 4 aromatic rings. The molecule has 0 aliphatic carbocycles. The summed E-state index contributed by atoms with van der Waals surface area (Å²) in [5.74, 6) is -0.590. The number of fused-ring (bicyclic) bond motifs is 1. The highest BCUT2D eigenvalue weighted by Crippen LogP contribution is 2.35. The van der Waals surface area contributed by atoms with Gasteiger partial charge in [0.1, 0.15) is 22.8 Å². The third-order valence-electron chi connectivity index (χ3n) is 4.61. The lowest BCUT2D eigenvalue weighted by molar-refractivity contribution is 0.0636. The van der Waals surface area contributed by atoms with Crippen LogP contribution < -0.4 is 5.32 Å². The summed E-state index contributed by atoms with van der Waals surface area (Å²) in [4.78, 5) is 28.7. The summed E-state index contributed by atoms with van der Waals surface area (Å²) < 4.78 is 21.6. The second-order valence-electron chi connectivity index (χ2n) is 8.13. The predicted octanol–water partition coefficient (Wildman–Crippen LogP) is 5.39. The highest BCUT2D eigenvalue weighted by Gasteiger charge is 2.22. The molecule has 0 atom stereocenters. The maximum atomic E-state index is 15.0. The van der Waals surface area contributed by atoms with Gasteiger partial charge in [0.05, 0.1) is 23.1 Å². The van der Waals surface area contributed by atoms with Crippen molar-refractivity contribution >= 4 is 29.0 Å².